The van der Waals surface area contributed by atoms with Crippen molar-refractivity contribution in [3.8, 4) is 27.9 Å². The van der Waals surface area contributed by atoms with Gasteiger partial charge in [0.25, 0.3) is 0 Å². The molecule has 250 valence electrons. The summed E-state index contributed by atoms with van der Waals surface area (Å²) in [5, 5.41) is 2.54. The second kappa shape index (κ2) is 13.9. The van der Waals surface area contributed by atoms with Gasteiger partial charge >= 0.3 is 0 Å². The Morgan fingerprint density at radius 1 is 0.462 bits per heavy atom. The molecule has 2 nitrogen and oxygen atoms in total. The van der Waals surface area contributed by atoms with Crippen LogP contribution in [0.5, 0.6) is 0 Å². The first kappa shape index (κ1) is 31.9. The molecule has 0 radical (unpaired) electrons. The Bertz CT molecular complexity index is 2500. The Kier molecular flexibility index (Phi) is 8.56. The molecule has 1 aromatic heterocycles. The summed E-state index contributed by atoms with van der Waals surface area (Å²) in [4.78, 5) is 3.82. The Labute approximate surface area is 310 Å². The number of fused-ring (bicyclic) bond motifs is 3. The number of anilines is 3. The molecule has 7 aromatic carbocycles. The van der Waals surface area contributed by atoms with E-state index in [0.717, 1.165) is 35.6 Å². The molecule has 9 rings (SSSR count). The van der Waals surface area contributed by atoms with Gasteiger partial charge in [0.1, 0.15) is 0 Å². The highest BCUT2D eigenvalue weighted by molar-refractivity contribution is 8.02. The Hall–Kier alpha value is -6.03. The van der Waals surface area contributed by atoms with Crippen LogP contribution in [0.2, 0.25) is 0 Å². The van der Waals surface area contributed by atoms with Crippen LogP contribution in [0.4, 0.5) is 17.1 Å². The molecule has 0 spiro atoms. The Balaban J connectivity index is 1.08. The molecule has 0 saturated heterocycles. The van der Waals surface area contributed by atoms with Crippen molar-refractivity contribution < 1.29 is 0 Å². The summed E-state index contributed by atoms with van der Waals surface area (Å²) in [7, 11) is 0. The van der Waals surface area contributed by atoms with E-state index in [1.807, 2.05) is 11.8 Å². The molecule has 0 N–H and O–H groups in total. The van der Waals surface area contributed by atoms with Crippen molar-refractivity contribution in [1.82, 2.24) is 4.57 Å². The van der Waals surface area contributed by atoms with Crippen LogP contribution in [0.3, 0.4) is 0 Å². The molecule has 0 bridgehead atoms. The maximum absolute atomic E-state index is 2.37. The Morgan fingerprint density at radius 3 is 1.44 bits per heavy atom. The lowest BCUT2D eigenvalue weighted by atomic mass is 9.96. The molecule has 1 heterocycles. The molecule has 3 heteroatoms. The van der Waals surface area contributed by atoms with E-state index in [0.29, 0.717) is 0 Å². The van der Waals surface area contributed by atoms with Crippen molar-refractivity contribution in [3.05, 3.63) is 199 Å². The van der Waals surface area contributed by atoms with Crippen LogP contribution in [0.15, 0.2) is 193 Å². The van der Waals surface area contributed by atoms with E-state index in [-0.39, 0.29) is 0 Å². The zero-order valence-electron chi connectivity index (χ0n) is 29.1. The van der Waals surface area contributed by atoms with Crippen LogP contribution in [-0.2, 0) is 0 Å². The van der Waals surface area contributed by atoms with Gasteiger partial charge in [-0.1, -0.05) is 127 Å². The minimum atomic E-state index is 1.10. The van der Waals surface area contributed by atoms with E-state index < -0.39 is 0 Å². The number of hydrogen-bond acceptors (Lipinski definition) is 2. The van der Waals surface area contributed by atoms with Gasteiger partial charge in [-0.25, -0.2) is 0 Å². The fourth-order valence-electron chi connectivity index (χ4n) is 7.59. The third kappa shape index (κ3) is 5.93. The zero-order chi connectivity index (χ0) is 34.9. The zero-order valence-corrected chi connectivity index (χ0v) is 29.9. The highest BCUT2D eigenvalue weighted by atomic mass is 32.2. The second-order valence-corrected chi connectivity index (χ2v) is 14.1. The summed E-state index contributed by atoms with van der Waals surface area (Å²) in [6.45, 7) is 0. The minimum absolute atomic E-state index is 1.10. The molecule has 0 amide bonds. The highest BCUT2D eigenvalue weighted by Gasteiger charge is 2.16. The van der Waals surface area contributed by atoms with E-state index in [1.165, 1.54) is 60.1 Å². The Morgan fingerprint density at radius 2 is 0.904 bits per heavy atom. The summed E-state index contributed by atoms with van der Waals surface area (Å²) in [6.07, 6.45) is 9.02. The number of benzene rings is 7. The summed E-state index contributed by atoms with van der Waals surface area (Å²) in [5.74, 6) is 0. The van der Waals surface area contributed by atoms with E-state index in [2.05, 4.69) is 204 Å². The van der Waals surface area contributed by atoms with Gasteiger partial charge in [-0.15, -0.1) is 11.8 Å². The molecule has 1 aliphatic rings. The molecule has 1 aliphatic carbocycles. The van der Waals surface area contributed by atoms with E-state index >= 15 is 0 Å². The molecule has 0 unspecified atom stereocenters. The molecular formula is C49H38N2S. The number of para-hydroxylation sites is 2. The van der Waals surface area contributed by atoms with Gasteiger partial charge in [-0.3, -0.25) is 0 Å². The fraction of sp³-hybridized carbons (Fsp3) is 0.0612. The van der Waals surface area contributed by atoms with Gasteiger partial charge in [-0.05, 0) is 118 Å². The molecule has 0 atom stereocenters. The number of aromatic nitrogens is 1. The summed E-state index contributed by atoms with van der Waals surface area (Å²) in [5.41, 5.74) is 14.4. The van der Waals surface area contributed by atoms with Crippen LogP contribution in [-0.4, -0.2) is 10.8 Å². The van der Waals surface area contributed by atoms with Crippen LogP contribution in [0.1, 0.15) is 18.4 Å². The van der Waals surface area contributed by atoms with Gasteiger partial charge in [0.05, 0.1) is 11.0 Å². The number of allylic oxidation sites excluding steroid dienone is 4. The molecule has 0 fully saturated rings. The number of thioether (sulfide) groups is 1. The maximum atomic E-state index is 2.37. The molecule has 8 aromatic rings. The standard InChI is InChI=1S/C49H38N2S/c1-52-49-18-10-7-13-44(49)39-21-19-36(20-22-39)38-25-29-41(30-26-38)50(40-27-23-37(24-28-40)35-11-3-2-4-12-35)42-31-33-43(34-32-42)51-47-16-8-5-14-45(47)46-15-6-9-17-48(46)51/h2-9,11-17,19-34H,10,18H2,1H3. The van der Waals surface area contributed by atoms with E-state index in [1.54, 1.807) is 0 Å². The highest BCUT2D eigenvalue weighted by Crippen LogP contribution is 2.39. The van der Waals surface area contributed by atoms with Crippen LogP contribution in [0.25, 0.3) is 55.3 Å². The maximum Gasteiger partial charge on any atom is 0.0541 e. The van der Waals surface area contributed by atoms with Gasteiger partial charge in [0.15, 0.2) is 0 Å². The average Bonchev–Trinajstić information content (AvgIpc) is 3.56. The predicted molar refractivity (Wildman–Crippen MR) is 225 cm³/mol. The second-order valence-electron chi connectivity index (χ2n) is 13.2. The van der Waals surface area contributed by atoms with Crippen LogP contribution in [0, 0.1) is 0 Å². The predicted octanol–water partition coefficient (Wildman–Crippen LogP) is 14.0. The fourth-order valence-corrected chi connectivity index (χ4v) is 8.32. The minimum Gasteiger partial charge on any atom is -0.311 e. The first-order chi connectivity index (χ1) is 25.7. The summed E-state index contributed by atoms with van der Waals surface area (Å²) >= 11 is 1.87. The molecular weight excluding hydrogens is 649 g/mol. The van der Waals surface area contributed by atoms with Crippen molar-refractivity contribution in [1.29, 1.82) is 0 Å². The van der Waals surface area contributed by atoms with Crippen molar-refractivity contribution in [2.75, 3.05) is 11.2 Å². The molecule has 0 saturated carbocycles. The number of rotatable bonds is 8. The smallest absolute Gasteiger partial charge is 0.0541 e. The van der Waals surface area contributed by atoms with Gasteiger partial charge in [0, 0.05) is 33.5 Å². The third-order valence-corrected chi connectivity index (χ3v) is 11.1. The summed E-state index contributed by atoms with van der Waals surface area (Å²) in [6, 6.07) is 63.8. The van der Waals surface area contributed by atoms with E-state index in [9.17, 15) is 0 Å². The normalized spacial score (nSPS) is 12.9. The molecule has 52 heavy (non-hydrogen) atoms. The lowest BCUT2D eigenvalue weighted by Gasteiger charge is -2.26. The monoisotopic (exact) mass is 686 g/mol. The quantitative estimate of drug-likeness (QED) is 0.157. The number of nitrogens with zero attached hydrogens (tertiary/aromatic N) is 2. The van der Waals surface area contributed by atoms with Gasteiger partial charge in [0.2, 0.25) is 0 Å². The van der Waals surface area contributed by atoms with Crippen molar-refractivity contribution >= 4 is 56.2 Å². The average molecular weight is 687 g/mol. The van der Waals surface area contributed by atoms with Crippen molar-refractivity contribution in [3.63, 3.8) is 0 Å². The van der Waals surface area contributed by atoms with Crippen LogP contribution >= 0.6 is 11.8 Å². The lowest BCUT2D eigenvalue weighted by Crippen LogP contribution is -2.10. The summed E-state index contributed by atoms with van der Waals surface area (Å²) < 4.78 is 2.37. The lowest BCUT2D eigenvalue weighted by molar-refractivity contribution is 1.03. The largest absolute Gasteiger partial charge is 0.311 e. The molecule has 0 aliphatic heterocycles. The SMILES string of the molecule is CSC1=C(c2ccc(-c3ccc(N(c4ccc(-c5ccccc5)cc4)c4ccc(-n5c6ccccc6c6ccccc65)cc4)cc3)cc2)C=CCC1. The van der Waals surface area contributed by atoms with Crippen LogP contribution < -0.4 is 4.90 Å². The van der Waals surface area contributed by atoms with Gasteiger partial charge < -0.3 is 9.47 Å². The first-order valence-electron chi connectivity index (χ1n) is 17.9. The third-order valence-electron chi connectivity index (χ3n) is 10.2. The van der Waals surface area contributed by atoms with Gasteiger partial charge in [-0.2, -0.15) is 0 Å². The van der Waals surface area contributed by atoms with Crippen molar-refractivity contribution in [2.24, 2.45) is 0 Å². The number of hydrogen-bond donors (Lipinski definition) is 0. The topological polar surface area (TPSA) is 8.17 Å². The van der Waals surface area contributed by atoms with Crippen molar-refractivity contribution in [2.45, 2.75) is 12.8 Å². The van der Waals surface area contributed by atoms with E-state index in [4.69, 9.17) is 0 Å². The first-order valence-corrected chi connectivity index (χ1v) is 19.2.